The molecule has 3 saturated heterocycles. The molecule has 14 heavy (non-hydrogen) atoms. The molecule has 3 fully saturated rings. The summed E-state index contributed by atoms with van der Waals surface area (Å²) in [6, 6.07) is 0.684. The molecule has 3 aliphatic rings. The van der Waals surface area contributed by atoms with E-state index in [4.69, 9.17) is 4.74 Å². The van der Waals surface area contributed by atoms with Crippen LogP contribution in [0.15, 0.2) is 0 Å². The Kier molecular flexibility index (Phi) is 1.62. The molecule has 0 saturated carbocycles. The lowest BCUT2D eigenvalue weighted by Gasteiger charge is -2.46. The predicted molar refractivity (Wildman–Crippen MR) is 50.4 cm³/mol. The SMILES string of the molecule is CS(=O)(=O)N1CC2NC3COCC32C1. The van der Waals surface area contributed by atoms with Crippen LogP contribution >= 0.6 is 0 Å². The third-order valence-electron chi connectivity index (χ3n) is 3.77. The van der Waals surface area contributed by atoms with Gasteiger partial charge in [-0.15, -0.1) is 0 Å². The highest BCUT2D eigenvalue weighted by Crippen LogP contribution is 2.46. The van der Waals surface area contributed by atoms with Gasteiger partial charge in [0.15, 0.2) is 0 Å². The van der Waals surface area contributed by atoms with Crippen LogP contribution < -0.4 is 5.32 Å². The Labute approximate surface area is 83.5 Å². The number of hydrogen-bond donors (Lipinski definition) is 1. The van der Waals surface area contributed by atoms with Crippen molar-refractivity contribution in [2.75, 3.05) is 32.6 Å². The molecule has 6 heteroatoms. The van der Waals surface area contributed by atoms with Crippen molar-refractivity contribution in [3.8, 4) is 0 Å². The van der Waals surface area contributed by atoms with Crippen LogP contribution in [0.1, 0.15) is 0 Å². The lowest BCUT2D eigenvalue weighted by atomic mass is 9.71. The first-order valence-corrected chi connectivity index (χ1v) is 6.66. The van der Waals surface area contributed by atoms with Crippen molar-refractivity contribution in [3.63, 3.8) is 0 Å². The first-order valence-electron chi connectivity index (χ1n) is 4.81. The second-order valence-corrected chi connectivity index (χ2v) is 6.56. The molecule has 0 bridgehead atoms. The van der Waals surface area contributed by atoms with E-state index >= 15 is 0 Å². The Bertz CT molecular complexity index is 369. The highest BCUT2D eigenvalue weighted by Gasteiger charge is 2.63. The fraction of sp³-hybridized carbons (Fsp3) is 1.00. The molecule has 0 aromatic heterocycles. The van der Waals surface area contributed by atoms with Crippen molar-refractivity contribution in [2.24, 2.45) is 5.41 Å². The van der Waals surface area contributed by atoms with E-state index in [9.17, 15) is 8.42 Å². The number of hydrogen-bond acceptors (Lipinski definition) is 4. The van der Waals surface area contributed by atoms with E-state index in [-0.39, 0.29) is 5.41 Å². The van der Waals surface area contributed by atoms with Crippen LogP contribution in [0.2, 0.25) is 0 Å². The lowest BCUT2D eigenvalue weighted by molar-refractivity contribution is 0.0905. The Morgan fingerprint density at radius 2 is 2.29 bits per heavy atom. The molecule has 1 N–H and O–H groups in total. The maximum Gasteiger partial charge on any atom is 0.211 e. The van der Waals surface area contributed by atoms with Gasteiger partial charge in [0.25, 0.3) is 0 Å². The summed E-state index contributed by atoms with van der Waals surface area (Å²) in [6.07, 6.45) is 1.28. The molecular weight excluding hydrogens is 204 g/mol. The van der Waals surface area contributed by atoms with Crippen molar-refractivity contribution in [1.82, 2.24) is 9.62 Å². The molecule has 1 spiro atoms. The summed E-state index contributed by atoms with van der Waals surface area (Å²) >= 11 is 0. The van der Waals surface area contributed by atoms with Crippen LogP contribution in [0.4, 0.5) is 0 Å². The molecule has 0 amide bonds. The maximum absolute atomic E-state index is 11.4. The van der Waals surface area contributed by atoms with Gasteiger partial charge in [0.1, 0.15) is 0 Å². The zero-order valence-corrected chi connectivity index (χ0v) is 8.88. The largest absolute Gasteiger partial charge is 0.379 e. The van der Waals surface area contributed by atoms with Crippen molar-refractivity contribution in [1.29, 1.82) is 0 Å². The van der Waals surface area contributed by atoms with Gasteiger partial charge in [-0.2, -0.15) is 4.31 Å². The smallest absolute Gasteiger partial charge is 0.211 e. The first kappa shape index (κ1) is 9.08. The normalized spacial score (nSPS) is 47.2. The highest BCUT2D eigenvalue weighted by molar-refractivity contribution is 7.88. The van der Waals surface area contributed by atoms with E-state index in [2.05, 4.69) is 5.32 Å². The standard InChI is InChI=1S/C8H14N2O3S/c1-14(11,12)10-2-6-8(4-10)5-13-3-7(8)9-6/h6-7,9H,2-5H2,1H3. The molecule has 5 nitrogen and oxygen atoms in total. The van der Waals surface area contributed by atoms with E-state index in [0.29, 0.717) is 31.8 Å². The fourth-order valence-electron chi connectivity index (χ4n) is 2.85. The number of ether oxygens (including phenoxy) is 1. The molecule has 0 aromatic rings. The van der Waals surface area contributed by atoms with E-state index in [1.165, 1.54) is 6.26 Å². The molecule has 3 atom stereocenters. The average molecular weight is 218 g/mol. The van der Waals surface area contributed by atoms with E-state index in [0.717, 1.165) is 6.61 Å². The van der Waals surface area contributed by atoms with Gasteiger partial charge < -0.3 is 10.1 Å². The van der Waals surface area contributed by atoms with Gasteiger partial charge in [-0.25, -0.2) is 8.42 Å². The number of nitrogens with zero attached hydrogens (tertiary/aromatic N) is 1. The zero-order chi connectivity index (χ0) is 9.97. The van der Waals surface area contributed by atoms with Crippen LogP contribution in [0.25, 0.3) is 0 Å². The van der Waals surface area contributed by atoms with Crippen molar-refractivity contribution in [2.45, 2.75) is 12.1 Å². The van der Waals surface area contributed by atoms with Crippen LogP contribution in [0.3, 0.4) is 0 Å². The Balaban J connectivity index is 1.88. The lowest BCUT2D eigenvalue weighted by Crippen LogP contribution is -2.68. The van der Waals surface area contributed by atoms with E-state index in [1.807, 2.05) is 0 Å². The molecular formula is C8H14N2O3S. The summed E-state index contributed by atoms with van der Waals surface area (Å²) in [6.45, 7) is 2.68. The molecule has 80 valence electrons. The molecule has 3 heterocycles. The Morgan fingerprint density at radius 3 is 2.93 bits per heavy atom. The van der Waals surface area contributed by atoms with Crippen molar-refractivity contribution < 1.29 is 13.2 Å². The highest BCUT2D eigenvalue weighted by atomic mass is 32.2. The van der Waals surface area contributed by atoms with Crippen LogP contribution in [-0.4, -0.2) is 57.4 Å². The molecule has 0 aliphatic carbocycles. The van der Waals surface area contributed by atoms with Gasteiger partial charge >= 0.3 is 0 Å². The monoisotopic (exact) mass is 218 g/mol. The summed E-state index contributed by atoms with van der Waals surface area (Å²) in [7, 11) is -3.03. The van der Waals surface area contributed by atoms with Crippen LogP contribution in [-0.2, 0) is 14.8 Å². The second-order valence-electron chi connectivity index (χ2n) is 4.58. The zero-order valence-electron chi connectivity index (χ0n) is 8.06. The second kappa shape index (κ2) is 2.49. The van der Waals surface area contributed by atoms with Crippen molar-refractivity contribution in [3.05, 3.63) is 0 Å². The predicted octanol–water partition coefficient (Wildman–Crippen LogP) is -1.38. The molecule has 0 radical (unpaired) electrons. The van der Waals surface area contributed by atoms with Gasteiger partial charge in [0.2, 0.25) is 10.0 Å². The van der Waals surface area contributed by atoms with Crippen molar-refractivity contribution >= 4 is 10.0 Å². The van der Waals surface area contributed by atoms with Gasteiger partial charge in [0, 0.05) is 30.6 Å². The van der Waals surface area contributed by atoms with Gasteiger partial charge in [-0.1, -0.05) is 0 Å². The topological polar surface area (TPSA) is 58.6 Å². The minimum absolute atomic E-state index is 0.0864. The van der Waals surface area contributed by atoms with Crippen LogP contribution in [0.5, 0.6) is 0 Å². The third kappa shape index (κ3) is 0.970. The maximum atomic E-state index is 11.4. The van der Waals surface area contributed by atoms with Gasteiger partial charge in [0.05, 0.1) is 19.5 Å². The minimum Gasteiger partial charge on any atom is -0.379 e. The summed E-state index contributed by atoms with van der Waals surface area (Å²) < 4.78 is 29.8. The summed E-state index contributed by atoms with van der Waals surface area (Å²) in [4.78, 5) is 0. The van der Waals surface area contributed by atoms with Gasteiger partial charge in [-0.3, -0.25) is 0 Å². The van der Waals surface area contributed by atoms with Gasteiger partial charge in [-0.05, 0) is 0 Å². The van der Waals surface area contributed by atoms with Crippen LogP contribution in [0, 0.1) is 5.41 Å². The number of sulfonamides is 1. The van der Waals surface area contributed by atoms with E-state index < -0.39 is 10.0 Å². The summed E-state index contributed by atoms with van der Waals surface area (Å²) in [5.74, 6) is 0. The van der Waals surface area contributed by atoms with E-state index in [1.54, 1.807) is 4.31 Å². The number of rotatable bonds is 1. The Morgan fingerprint density at radius 1 is 1.50 bits per heavy atom. The molecule has 3 rings (SSSR count). The summed E-state index contributed by atoms with van der Waals surface area (Å²) in [5, 5.41) is 3.37. The summed E-state index contributed by atoms with van der Waals surface area (Å²) in [5.41, 5.74) is 0.0864. The minimum atomic E-state index is -3.03. The molecule has 3 aliphatic heterocycles. The Hall–Kier alpha value is -0.170. The fourth-order valence-corrected chi connectivity index (χ4v) is 3.75. The third-order valence-corrected chi connectivity index (χ3v) is 4.99. The quantitative estimate of drug-likeness (QED) is 0.589. The first-order chi connectivity index (χ1) is 6.52. The molecule has 3 unspecified atom stereocenters. The average Bonchev–Trinajstić information content (AvgIpc) is 2.53. The number of nitrogens with one attached hydrogen (secondary N) is 1. The molecule has 0 aromatic carbocycles.